The fraction of sp³-hybridized carbons (Fsp3) is 0.579. The number of aryl methyl sites for hydroxylation is 1. The zero-order valence-corrected chi connectivity index (χ0v) is 14.1. The van der Waals surface area contributed by atoms with Crippen LogP contribution >= 0.6 is 0 Å². The minimum absolute atomic E-state index is 0.0287. The van der Waals surface area contributed by atoms with Gasteiger partial charge in [-0.15, -0.1) is 0 Å². The van der Waals surface area contributed by atoms with Crippen molar-refractivity contribution in [2.75, 3.05) is 26.3 Å². The van der Waals surface area contributed by atoms with Crippen molar-refractivity contribution in [3.63, 3.8) is 0 Å². The molecular formula is C19H24N2O3. The van der Waals surface area contributed by atoms with E-state index in [9.17, 15) is 9.59 Å². The second-order valence-electron chi connectivity index (χ2n) is 7.68. The van der Waals surface area contributed by atoms with Crippen LogP contribution in [0.25, 0.3) is 0 Å². The van der Waals surface area contributed by atoms with Crippen LogP contribution in [-0.4, -0.2) is 43.0 Å². The predicted octanol–water partition coefficient (Wildman–Crippen LogP) is 1.38. The number of hydrogen-bond donors (Lipinski definition) is 1. The number of fused-ring (bicyclic) bond motifs is 1. The first kappa shape index (κ1) is 15.6. The van der Waals surface area contributed by atoms with Crippen molar-refractivity contribution in [3.8, 4) is 0 Å². The fourth-order valence-corrected chi connectivity index (χ4v) is 4.50. The number of likely N-dealkylation sites (tertiary alicyclic amines) is 1. The summed E-state index contributed by atoms with van der Waals surface area (Å²) in [5.74, 6) is -0.101. The van der Waals surface area contributed by atoms with Crippen molar-refractivity contribution in [1.82, 2.24) is 4.90 Å². The van der Waals surface area contributed by atoms with Crippen molar-refractivity contribution in [2.45, 2.75) is 31.6 Å². The topological polar surface area (TPSA) is 72.6 Å². The lowest BCUT2D eigenvalue weighted by Crippen LogP contribution is -2.48. The second kappa shape index (κ2) is 5.31. The Labute approximate surface area is 142 Å². The maximum Gasteiger partial charge on any atom is 0.233 e. The lowest BCUT2D eigenvalue weighted by Gasteiger charge is -2.35. The number of rotatable bonds is 3. The zero-order chi connectivity index (χ0) is 16.9. The highest BCUT2D eigenvalue weighted by molar-refractivity contribution is 5.93. The van der Waals surface area contributed by atoms with E-state index in [0.717, 1.165) is 18.4 Å². The van der Waals surface area contributed by atoms with Crippen LogP contribution in [0.2, 0.25) is 0 Å². The standard InChI is InChI=1S/C19H24N2O3/c1-13-3-2-4-14(9-13)18(5-6-18)17(23)21-10-15-11-24-8-7-19(15,12-21)16(20)22/h2-4,9,15H,5-8,10-12H2,1H3,(H2,20,22)/t15-,19+/m1/s1. The van der Waals surface area contributed by atoms with E-state index in [1.54, 1.807) is 0 Å². The van der Waals surface area contributed by atoms with Crippen molar-refractivity contribution in [2.24, 2.45) is 17.1 Å². The summed E-state index contributed by atoms with van der Waals surface area (Å²) >= 11 is 0. The van der Waals surface area contributed by atoms with E-state index in [1.807, 2.05) is 30.0 Å². The quantitative estimate of drug-likeness (QED) is 0.911. The van der Waals surface area contributed by atoms with Crippen molar-refractivity contribution in [1.29, 1.82) is 0 Å². The summed E-state index contributed by atoms with van der Waals surface area (Å²) in [6.45, 7) is 4.14. The summed E-state index contributed by atoms with van der Waals surface area (Å²) < 4.78 is 5.54. The Balaban J connectivity index is 1.61. The van der Waals surface area contributed by atoms with Crippen LogP contribution in [0.3, 0.4) is 0 Å². The molecule has 0 aromatic heterocycles. The summed E-state index contributed by atoms with van der Waals surface area (Å²) in [7, 11) is 0. The molecule has 0 unspecified atom stereocenters. The monoisotopic (exact) mass is 328 g/mol. The van der Waals surface area contributed by atoms with E-state index >= 15 is 0 Å². The molecule has 3 aliphatic rings. The van der Waals surface area contributed by atoms with E-state index in [1.165, 1.54) is 5.56 Å². The number of nitrogens with zero attached hydrogens (tertiary/aromatic N) is 1. The molecule has 1 aliphatic carbocycles. The van der Waals surface area contributed by atoms with Crippen molar-refractivity contribution < 1.29 is 14.3 Å². The van der Waals surface area contributed by atoms with Gasteiger partial charge >= 0.3 is 0 Å². The van der Waals surface area contributed by atoms with E-state index in [0.29, 0.717) is 32.7 Å². The summed E-state index contributed by atoms with van der Waals surface area (Å²) in [6.07, 6.45) is 2.39. The molecule has 0 bridgehead atoms. The van der Waals surface area contributed by atoms with Crippen molar-refractivity contribution >= 4 is 11.8 Å². The molecule has 1 aromatic rings. The van der Waals surface area contributed by atoms with Crippen molar-refractivity contribution in [3.05, 3.63) is 35.4 Å². The molecule has 128 valence electrons. The molecule has 5 nitrogen and oxygen atoms in total. The molecule has 2 heterocycles. The smallest absolute Gasteiger partial charge is 0.233 e. The summed E-state index contributed by atoms with van der Waals surface area (Å²) in [4.78, 5) is 27.3. The van der Waals surface area contributed by atoms with Gasteiger partial charge in [0.05, 0.1) is 17.4 Å². The number of benzene rings is 1. The van der Waals surface area contributed by atoms with Gasteiger partial charge in [-0.25, -0.2) is 0 Å². The lowest BCUT2D eigenvalue weighted by molar-refractivity contribution is -0.137. The summed E-state index contributed by atoms with van der Waals surface area (Å²) in [6, 6.07) is 8.23. The predicted molar refractivity (Wildman–Crippen MR) is 89.2 cm³/mol. The molecule has 24 heavy (non-hydrogen) atoms. The molecule has 5 heteroatoms. The molecular weight excluding hydrogens is 304 g/mol. The highest BCUT2D eigenvalue weighted by Crippen LogP contribution is 2.52. The molecule has 2 atom stereocenters. The first-order valence-corrected chi connectivity index (χ1v) is 8.72. The molecule has 1 aromatic carbocycles. The summed E-state index contributed by atoms with van der Waals surface area (Å²) in [5.41, 5.74) is 7.01. The number of carbonyl (C=O) groups excluding carboxylic acids is 2. The van der Waals surface area contributed by atoms with E-state index in [2.05, 4.69) is 6.07 Å². The summed E-state index contributed by atoms with van der Waals surface area (Å²) in [5, 5.41) is 0. The van der Waals surface area contributed by atoms with E-state index in [-0.39, 0.29) is 23.1 Å². The fourth-order valence-electron chi connectivity index (χ4n) is 4.50. The van der Waals surface area contributed by atoms with Crippen LogP contribution in [-0.2, 0) is 19.7 Å². The largest absolute Gasteiger partial charge is 0.381 e. The van der Waals surface area contributed by atoms with Gasteiger partial charge in [-0.1, -0.05) is 29.8 Å². The minimum Gasteiger partial charge on any atom is -0.381 e. The van der Waals surface area contributed by atoms with Crippen LogP contribution < -0.4 is 5.73 Å². The van der Waals surface area contributed by atoms with Gasteiger partial charge in [0.2, 0.25) is 11.8 Å². The van der Waals surface area contributed by atoms with E-state index in [4.69, 9.17) is 10.5 Å². The Morgan fingerprint density at radius 3 is 2.71 bits per heavy atom. The van der Waals surface area contributed by atoms with Crippen LogP contribution in [0.1, 0.15) is 30.4 Å². The van der Waals surface area contributed by atoms with Gasteiger partial charge in [-0.2, -0.15) is 0 Å². The molecule has 3 fully saturated rings. The molecule has 0 spiro atoms. The van der Waals surface area contributed by atoms with Crippen LogP contribution in [0.5, 0.6) is 0 Å². The van der Waals surface area contributed by atoms with Gasteiger partial charge in [-0.05, 0) is 31.7 Å². The van der Waals surface area contributed by atoms with Gasteiger partial charge < -0.3 is 15.4 Å². The average Bonchev–Trinajstić information content (AvgIpc) is 3.28. The first-order chi connectivity index (χ1) is 11.5. The second-order valence-corrected chi connectivity index (χ2v) is 7.68. The van der Waals surface area contributed by atoms with Crippen LogP contribution in [0.4, 0.5) is 0 Å². The minimum atomic E-state index is -0.601. The maximum atomic E-state index is 13.3. The number of ether oxygens (including phenoxy) is 1. The average molecular weight is 328 g/mol. The van der Waals surface area contributed by atoms with Gasteiger partial charge in [0.25, 0.3) is 0 Å². The van der Waals surface area contributed by atoms with Crippen LogP contribution in [0.15, 0.2) is 24.3 Å². The number of nitrogens with two attached hydrogens (primary N) is 1. The molecule has 4 rings (SSSR count). The molecule has 2 amide bonds. The highest BCUT2D eigenvalue weighted by atomic mass is 16.5. The molecule has 2 aliphatic heterocycles. The van der Waals surface area contributed by atoms with Gasteiger partial charge in [0.15, 0.2) is 0 Å². The third kappa shape index (κ3) is 2.18. The van der Waals surface area contributed by atoms with E-state index < -0.39 is 5.41 Å². The molecule has 1 saturated carbocycles. The molecule has 0 radical (unpaired) electrons. The van der Waals surface area contributed by atoms with Gasteiger partial charge in [0.1, 0.15) is 0 Å². The third-order valence-electron chi connectivity index (χ3n) is 6.21. The lowest BCUT2D eigenvalue weighted by atomic mass is 9.74. The number of carbonyl (C=O) groups is 2. The normalized spacial score (nSPS) is 30.7. The van der Waals surface area contributed by atoms with Gasteiger partial charge in [0, 0.05) is 25.6 Å². The SMILES string of the molecule is Cc1cccc(C2(C(=O)N3C[C@@H]4COCC[C@]4(C(N)=O)C3)CC2)c1. The Hall–Kier alpha value is -1.88. The maximum absolute atomic E-state index is 13.3. The molecule has 2 saturated heterocycles. The molecule has 2 N–H and O–H groups in total. The van der Waals surface area contributed by atoms with Crippen LogP contribution in [0, 0.1) is 18.3 Å². The Kier molecular flexibility index (Phi) is 3.46. The number of amides is 2. The third-order valence-corrected chi connectivity index (χ3v) is 6.21. The zero-order valence-electron chi connectivity index (χ0n) is 14.1. The highest BCUT2D eigenvalue weighted by Gasteiger charge is 2.59. The number of primary amides is 1. The Morgan fingerprint density at radius 1 is 1.29 bits per heavy atom. The Morgan fingerprint density at radius 2 is 2.08 bits per heavy atom. The Bertz CT molecular complexity index is 698. The first-order valence-electron chi connectivity index (χ1n) is 8.72. The number of hydrogen-bond acceptors (Lipinski definition) is 3. The van der Waals surface area contributed by atoms with Gasteiger partial charge in [-0.3, -0.25) is 9.59 Å².